The largest absolute Gasteiger partial charge is 0.469 e. The zero-order valence-electron chi connectivity index (χ0n) is 11.6. The Balaban J connectivity index is 2.14. The van der Waals surface area contributed by atoms with Gasteiger partial charge in [-0.05, 0) is 24.0 Å². The summed E-state index contributed by atoms with van der Waals surface area (Å²) in [7, 11) is 1.33. The van der Waals surface area contributed by atoms with Gasteiger partial charge in [0, 0.05) is 10.9 Å². The first-order valence-corrected chi connectivity index (χ1v) is 7.02. The molecule has 2 rings (SSSR count). The van der Waals surface area contributed by atoms with E-state index in [1.807, 2.05) is 25.1 Å². The van der Waals surface area contributed by atoms with E-state index in [2.05, 4.69) is 10.1 Å². The van der Waals surface area contributed by atoms with Crippen LogP contribution >= 0.6 is 11.6 Å². The number of hydrogen-bond donors (Lipinski definition) is 1. The molecule has 0 aliphatic heterocycles. The van der Waals surface area contributed by atoms with Gasteiger partial charge in [0.1, 0.15) is 0 Å². The maximum absolute atomic E-state index is 12.1. The molecule has 1 aliphatic carbocycles. The predicted octanol–water partition coefficient (Wildman–Crippen LogP) is 2.72. The molecule has 108 valence electrons. The SMILES string of the molecule is COC(=O)CC(NC(=O)C1CC1C)c1ccccc1Cl. The third-order valence-corrected chi connectivity index (χ3v) is 3.99. The van der Waals surface area contributed by atoms with Crippen molar-refractivity contribution in [2.24, 2.45) is 11.8 Å². The number of nitrogens with one attached hydrogen (secondary N) is 1. The number of rotatable bonds is 5. The van der Waals surface area contributed by atoms with Gasteiger partial charge in [0.05, 0.1) is 19.6 Å². The molecule has 1 fully saturated rings. The summed E-state index contributed by atoms with van der Waals surface area (Å²) in [5, 5.41) is 3.44. The first kappa shape index (κ1) is 14.9. The normalized spacial score (nSPS) is 21.9. The Hall–Kier alpha value is -1.55. The van der Waals surface area contributed by atoms with Gasteiger partial charge in [-0.25, -0.2) is 0 Å². The van der Waals surface area contributed by atoms with E-state index in [1.165, 1.54) is 7.11 Å². The fourth-order valence-corrected chi connectivity index (χ4v) is 2.48. The van der Waals surface area contributed by atoms with Crippen LogP contribution in [-0.4, -0.2) is 19.0 Å². The van der Waals surface area contributed by atoms with E-state index in [9.17, 15) is 9.59 Å². The smallest absolute Gasteiger partial charge is 0.307 e. The van der Waals surface area contributed by atoms with E-state index in [0.717, 1.165) is 12.0 Å². The molecule has 0 aromatic heterocycles. The third-order valence-electron chi connectivity index (χ3n) is 3.64. The number of hydrogen-bond acceptors (Lipinski definition) is 3. The zero-order valence-corrected chi connectivity index (χ0v) is 12.3. The van der Waals surface area contributed by atoms with E-state index in [-0.39, 0.29) is 24.2 Å². The maximum Gasteiger partial charge on any atom is 0.307 e. The second-order valence-electron chi connectivity index (χ2n) is 5.18. The van der Waals surface area contributed by atoms with Crippen LogP contribution < -0.4 is 5.32 Å². The first-order chi connectivity index (χ1) is 9.52. The van der Waals surface area contributed by atoms with Gasteiger partial charge in [0.25, 0.3) is 0 Å². The van der Waals surface area contributed by atoms with Gasteiger partial charge < -0.3 is 10.1 Å². The van der Waals surface area contributed by atoms with Crippen LogP contribution in [0.2, 0.25) is 5.02 Å². The number of methoxy groups -OCH3 is 1. The first-order valence-electron chi connectivity index (χ1n) is 6.64. The van der Waals surface area contributed by atoms with Gasteiger partial charge in [-0.2, -0.15) is 0 Å². The summed E-state index contributed by atoms with van der Waals surface area (Å²) in [6, 6.07) is 6.75. The minimum absolute atomic E-state index is 0.0219. The lowest BCUT2D eigenvalue weighted by atomic mass is 10.0. The molecule has 20 heavy (non-hydrogen) atoms. The maximum atomic E-state index is 12.1. The summed E-state index contributed by atoms with van der Waals surface area (Å²) in [4.78, 5) is 23.6. The highest BCUT2D eigenvalue weighted by Crippen LogP contribution is 2.38. The molecule has 1 aromatic carbocycles. The van der Waals surface area contributed by atoms with E-state index < -0.39 is 6.04 Å². The van der Waals surface area contributed by atoms with Gasteiger partial charge in [-0.1, -0.05) is 36.7 Å². The van der Waals surface area contributed by atoms with Crippen molar-refractivity contribution in [1.82, 2.24) is 5.32 Å². The van der Waals surface area contributed by atoms with E-state index in [0.29, 0.717) is 10.9 Å². The molecule has 3 unspecified atom stereocenters. The highest BCUT2D eigenvalue weighted by molar-refractivity contribution is 6.31. The number of carbonyl (C=O) groups is 2. The highest BCUT2D eigenvalue weighted by atomic mass is 35.5. The van der Waals surface area contributed by atoms with Crippen molar-refractivity contribution in [3.8, 4) is 0 Å². The van der Waals surface area contributed by atoms with Crippen LogP contribution in [0.25, 0.3) is 0 Å². The topological polar surface area (TPSA) is 55.4 Å². The van der Waals surface area contributed by atoms with E-state index in [4.69, 9.17) is 11.6 Å². The number of ether oxygens (including phenoxy) is 1. The Bertz CT molecular complexity index is 518. The van der Waals surface area contributed by atoms with Crippen molar-refractivity contribution in [1.29, 1.82) is 0 Å². The van der Waals surface area contributed by atoms with Crippen LogP contribution in [0.4, 0.5) is 0 Å². The second kappa shape index (κ2) is 6.27. The summed E-state index contributed by atoms with van der Waals surface area (Å²) in [5.74, 6) is 0.0723. The fraction of sp³-hybridized carbons (Fsp3) is 0.467. The van der Waals surface area contributed by atoms with Crippen molar-refractivity contribution in [2.75, 3.05) is 7.11 Å². The van der Waals surface area contributed by atoms with E-state index >= 15 is 0 Å². The summed E-state index contributed by atoms with van der Waals surface area (Å²) >= 11 is 6.15. The monoisotopic (exact) mass is 295 g/mol. The Morgan fingerprint density at radius 2 is 2.10 bits per heavy atom. The lowest BCUT2D eigenvalue weighted by molar-refractivity contribution is -0.141. The molecule has 4 nitrogen and oxygen atoms in total. The van der Waals surface area contributed by atoms with Gasteiger partial charge in [-0.3, -0.25) is 9.59 Å². The standard InChI is InChI=1S/C15H18ClNO3/c1-9-7-11(9)15(19)17-13(8-14(18)20-2)10-5-3-4-6-12(10)16/h3-6,9,11,13H,7-8H2,1-2H3,(H,17,19). The van der Waals surface area contributed by atoms with Gasteiger partial charge in [0.2, 0.25) is 5.91 Å². The molecule has 0 heterocycles. The van der Waals surface area contributed by atoms with Crippen LogP contribution in [0.15, 0.2) is 24.3 Å². The molecule has 0 bridgehead atoms. The molecule has 0 radical (unpaired) electrons. The van der Waals surface area contributed by atoms with Gasteiger partial charge in [-0.15, -0.1) is 0 Å². The minimum Gasteiger partial charge on any atom is -0.469 e. The summed E-state index contributed by atoms with van der Waals surface area (Å²) in [6.45, 7) is 2.04. The fourth-order valence-electron chi connectivity index (χ4n) is 2.21. The number of amides is 1. The van der Waals surface area contributed by atoms with Crippen LogP contribution in [0.3, 0.4) is 0 Å². The van der Waals surface area contributed by atoms with Crippen molar-refractivity contribution >= 4 is 23.5 Å². The van der Waals surface area contributed by atoms with Crippen LogP contribution in [-0.2, 0) is 14.3 Å². The van der Waals surface area contributed by atoms with E-state index in [1.54, 1.807) is 6.07 Å². The molecule has 1 aliphatic rings. The van der Waals surface area contributed by atoms with Crippen LogP contribution in [0.5, 0.6) is 0 Å². The molecule has 0 saturated heterocycles. The van der Waals surface area contributed by atoms with Crippen molar-refractivity contribution < 1.29 is 14.3 Å². The third kappa shape index (κ3) is 3.51. The van der Waals surface area contributed by atoms with Crippen molar-refractivity contribution in [3.63, 3.8) is 0 Å². The minimum atomic E-state index is -0.448. The highest BCUT2D eigenvalue weighted by Gasteiger charge is 2.40. The number of carbonyl (C=O) groups excluding carboxylic acids is 2. The number of halogens is 1. The zero-order chi connectivity index (χ0) is 14.7. The summed E-state index contributed by atoms with van der Waals surface area (Å²) in [6.07, 6.45) is 0.979. The molecule has 0 spiro atoms. The van der Waals surface area contributed by atoms with Gasteiger partial charge in [0.15, 0.2) is 0 Å². The van der Waals surface area contributed by atoms with Gasteiger partial charge >= 0.3 is 5.97 Å². The van der Waals surface area contributed by atoms with Crippen LogP contribution in [0, 0.1) is 11.8 Å². The number of benzene rings is 1. The average Bonchev–Trinajstić information content (AvgIpc) is 3.15. The molecule has 1 aromatic rings. The molecule has 1 amide bonds. The van der Waals surface area contributed by atoms with Crippen LogP contribution in [0.1, 0.15) is 31.4 Å². The Kier molecular flexibility index (Phi) is 4.65. The average molecular weight is 296 g/mol. The Labute approximate surface area is 123 Å². The molecule has 3 atom stereocenters. The lowest BCUT2D eigenvalue weighted by Gasteiger charge is -2.19. The quantitative estimate of drug-likeness (QED) is 0.850. The predicted molar refractivity (Wildman–Crippen MR) is 76.2 cm³/mol. The van der Waals surface area contributed by atoms with Crippen molar-refractivity contribution in [2.45, 2.75) is 25.8 Å². The second-order valence-corrected chi connectivity index (χ2v) is 5.59. The molecule has 5 heteroatoms. The number of esters is 1. The molecular formula is C15H18ClNO3. The molecule has 1 N–H and O–H groups in total. The Morgan fingerprint density at radius 3 is 2.65 bits per heavy atom. The summed E-state index contributed by atoms with van der Waals surface area (Å²) < 4.78 is 4.69. The van der Waals surface area contributed by atoms with Crippen molar-refractivity contribution in [3.05, 3.63) is 34.9 Å². The molecular weight excluding hydrogens is 278 g/mol. The lowest BCUT2D eigenvalue weighted by Crippen LogP contribution is -2.32. The summed E-state index contributed by atoms with van der Waals surface area (Å²) in [5.41, 5.74) is 0.737. The molecule has 1 saturated carbocycles. The Morgan fingerprint density at radius 1 is 1.45 bits per heavy atom.